The summed E-state index contributed by atoms with van der Waals surface area (Å²) in [5, 5.41) is 23.5. The molecule has 1 aromatic heterocycles. The first-order chi connectivity index (χ1) is 16.0. The van der Waals surface area contributed by atoms with Gasteiger partial charge in [-0.1, -0.05) is 12.1 Å². The normalized spacial score (nSPS) is 18.8. The molecule has 2 aromatic carbocycles. The number of pyridine rings is 1. The number of nitriles is 1. The number of hydrogen-bond acceptors (Lipinski definition) is 6. The van der Waals surface area contributed by atoms with Crippen LogP contribution in [-0.4, -0.2) is 43.4 Å². The molecule has 2 unspecified atom stereocenters. The lowest BCUT2D eigenvalue weighted by molar-refractivity contribution is 0.386. The second-order valence-corrected chi connectivity index (χ2v) is 8.46. The van der Waals surface area contributed by atoms with Crippen LogP contribution in [0.15, 0.2) is 42.5 Å². The number of aromatic hydroxyl groups is 1. The molecule has 3 aromatic rings. The predicted molar refractivity (Wildman–Crippen MR) is 127 cm³/mol. The van der Waals surface area contributed by atoms with E-state index in [4.69, 9.17) is 15.0 Å². The van der Waals surface area contributed by atoms with Gasteiger partial charge in [-0.25, -0.2) is 13.8 Å². The van der Waals surface area contributed by atoms with Crippen molar-refractivity contribution in [3.63, 3.8) is 0 Å². The van der Waals surface area contributed by atoms with Crippen LogP contribution in [0.1, 0.15) is 5.56 Å². The van der Waals surface area contributed by atoms with E-state index in [1.807, 2.05) is 6.07 Å². The Kier molecular flexibility index (Phi) is 6.60. The third-order valence-corrected chi connectivity index (χ3v) is 6.50. The summed E-state index contributed by atoms with van der Waals surface area (Å²) in [6, 6.07) is 11.9. The van der Waals surface area contributed by atoms with E-state index in [0.717, 1.165) is 26.2 Å². The number of nitrogens with zero attached hydrogens (tertiary/aromatic N) is 3. The Morgan fingerprint density at radius 1 is 1.06 bits per heavy atom. The standard InChI is InChI=1S/C25H22F2N4O2.ClH/c1-33-22-5-4-14(6-20(22)27)24-21(32)8-23(31-12-17-10-29-11-18(17)13-31)30-25(24)15-2-3-16(9-28)19(26)7-15;/h2-8,17-18,29H,10-13H2,1H3,(H,30,32);1H. The van der Waals surface area contributed by atoms with Crippen LogP contribution in [0.4, 0.5) is 14.6 Å². The van der Waals surface area contributed by atoms with Crippen LogP contribution < -0.4 is 15.0 Å². The van der Waals surface area contributed by atoms with Crippen molar-refractivity contribution in [1.82, 2.24) is 10.3 Å². The maximum atomic E-state index is 14.5. The molecule has 6 nitrogen and oxygen atoms in total. The molecule has 34 heavy (non-hydrogen) atoms. The first-order valence-corrected chi connectivity index (χ1v) is 10.7. The highest BCUT2D eigenvalue weighted by Gasteiger charge is 2.37. The third kappa shape index (κ3) is 4.13. The quantitative estimate of drug-likeness (QED) is 0.573. The Bertz CT molecular complexity index is 1270. The molecule has 2 N–H and O–H groups in total. The van der Waals surface area contributed by atoms with Gasteiger partial charge in [0, 0.05) is 37.8 Å². The Morgan fingerprint density at radius 3 is 2.35 bits per heavy atom. The first kappa shape index (κ1) is 23.7. The number of halogens is 3. The van der Waals surface area contributed by atoms with Gasteiger partial charge < -0.3 is 20.1 Å². The molecule has 0 bridgehead atoms. The highest BCUT2D eigenvalue weighted by atomic mass is 35.5. The summed E-state index contributed by atoms with van der Waals surface area (Å²) in [6.07, 6.45) is 0. The lowest BCUT2D eigenvalue weighted by Gasteiger charge is -2.22. The summed E-state index contributed by atoms with van der Waals surface area (Å²) in [5.74, 6) is 0.329. The van der Waals surface area contributed by atoms with Crippen LogP contribution in [0.5, 0.6) is 11.5 Å². The lowest BCUT2D eigenvalue weighted by Crippen LogP contribution is -2.26. The summed E-state index contributed by atoms with van der Waals surface area (Å²) >= 11 is 0. The number of rotatable bonds is 4. The molecular weight excluding hydrogens is 462 g/mol. The van der Waals surface area contributed by atoms with Gasteiger partial charge in [-0.15, -0.1) is 12.4 Å². The van der Waals surface area contributed by atoms with Crippen LogP contribution in [0.25, 0.3) is 22.4 Å². The minimum atomic E-state index is -0.685. The number of benzene rings is 2. The van der Waals surface area contributed by atoms with E-state index in [9.17, 15) is 13.9 Å². The van der Waals surface area contributed by atoms with E-state index in [-0.39, 0.29) is 35.0 Å². The molecule has 2 aliphatic heterocycles. The Balaban J connectivity index is 0.00000274. The summed E-state index contributed by atoms with van der Waals surface area (Å²) < 4.78 is 34.0. The van der Waals surface area contributed by atoms with Gasteiger partial charge in [-0.05, 0) is 41.7 Å². The third-order valence-electron chi connectivity index (χ3n) is 6.50. The summed E-state index contributed by atoms with van der Waals surface area (Å²) in [5.41, 5.74) is 1.28. The molecule has 0 aliphatic carbocycles. The summed E-state index contributed by atoms with van der Waals surface area (Å²) in [6.45, 7) is 3.51. The molecule has 0 spiro atoms. The lowest BCUT2D eigenvalue weighted by atomic mass is 9.97. The second-order valence-electron chi connectivity index (χ2n) is 8.46. The van der Waals surface area contributed by atoms with E-state index in [0.29, 0.717) is 34.5 Å². The highest BCUT2D eigenvalue weighted by Crippen LogP contribution is 2.42. The molecule has 0 radical (unpaired) electrons. The zero-order valence-corrected chi connectivity index (χ0v) is 19.2. The predicted octanol–water partition coefficient (Wildman–Crippen LogP) is 4.36. The van der Waals surface area contributed by atoms with Crippen molar-refractivity contribution in [2.24, 2.45) is 11.8 Å². The van der Waals surface area contributed by atoms with Crippen molar-refractivity contribution in [2.45, 2.75) is 0 Å². The number of fused-ring (bicyclic) bond motifs is 1. The Morgan fingerprint density at radius 2 is 1.74 bits per heavy atom. The van der Waals surface area contributed by atoms with Crippen molar-refractivity contribution < 1.29 is 18.6 Å². The van der Waals surface area contributed by atoms with Gasteiger partial charge in [-0.2, -0.15) is 5.26 Å². The average molecular weight is 485 g/mol. The Labute approximate surface area is 202 Å². The molecule has 0 saturated carbocycles. The summed E-state index contributed by atoms with van der Waals surface area (Å²) in [7, 11) is 1.37. The zero-order chi connectivity index (χ0) is 23.1. The minimum Gasteiger partial charge on any atom is -0.507 e. The molecule has 2 atom stereocenters. The molecule has 2 saturated heterocycles. The number of aromatic nitrogens is 1. The van der Waals surface area contributed by atoms with Crippen molar-refractivity contribution in [3.05, 3.63) is 59.7 Å². The maximum Gasteiger partial charge on any atom is 0.165 e. The second kappa shape index (κ2) is 9.45. The number of hydrogen-bond donors (Lipinski definition) is 2. The van der Waals surface area contributed by atoms with Gasteiger partial charge in [0.25, 0.3) is 0 Å². The van der Waals surface area contributed by atoms with E-state index in [2.05, 4.69) is 10.2 Å². The SMILES string of the molecule is COc1ccc(-c2c(O)cc(N3CC4CNCC4C3)nc2-c2ccc(C#N)c(F)c2)cc1F.Cl. The average Bonchev–Trinajstić information content (AvgIpc) is 3.41. The fourth-order valence-corrected chi connectivity index (χ4v) is 4.79. The van der Waals surface area contributed by atoms with Crippen molar-refractivity contribution in [2.75, 3.05) is 38.2 Å². The van der Waals surface area contributed by atoms with Gasteiger partial charge in [0.2, 0.25) is 0 Å². The molecular formula is C25H23ClF2N4O2. The minimum absolute atomic E-state index is 0. The van der Waals surface area contributed by atoms with E-state index in [1.165, 1.54) is 31.4 Å². The van der Waals surface area contributed by atoms with Gasteiger partial charge in [0.15, 0.2) is 11.6 Å². The number of methoxy groups -OCH3 is 1. The smallest absolute Gasteiger partial charge is 0.165 e. The summed E-state index contributed by atoms with van der Waals surface area (Å²) in [4.78, 5) is 6.92. The van der Waals surface area contributed by atoms with Crippen LogP contribution >= 0.6 is 12.4 Å². The number of ether oxygens (including phenoxy) is 1. The van der Waals surface area contributed by atoms with Crippen LogP contribution in [0.3, 0.4) is 0 Å². The Hall–Kier alpha value is -3.41. The molecule has 0 amide bonds. The zero-order valence-electron chi connectivity index (χ0n) is 18.4. The fraction of sp³-hybridized carbons (Fsp3) is 0.280. The van der Waals surface area contributed by atoms with Gasteiger partial charge in [0.05, 0.1) is 23.9 Å². The van der Waals surface area contributed by atoms with Crippen molar-refractivity contribution in [1.29, 1.82) is 5.26 Å². The maximum absolute atomic E-state index is 14.5. The first-order valence-electron chi connectivity index (χ1n) is 10.7. The van der Waals surface area contributed by atoms with Gasteiger partial charge in [0.1, 0.15) is 23.5 Å². The van der Waals surface area contributed by atoms with E-state index in [1.54, 1.807) is 18.2 Å². The van der Waals surface area contributed by atoms with Crippen molar-refractivity contribution in [3.8, 4) is 40.0 Å². The van der Waals surface area contributed by atoms with E-state index >= 15 is 0 Å². The van der Waals surface area contributed by atoms with Gasteiger partial charge >= 0.3 is 0 Å². The number of nitrogens with one attached hydrogen (secondary N) is 1. The van der Waals surface area contributed by atoms with E-state index < -0.39 is 11.6 Å². The molecule has 5 rings (SSSR count). The van der Waals surface area contributed by atoms with Crippen LogP contribution in [0.2, 0.25) is 0 Å². The van der Waals surface area contributed by atoms with Crippen LogP contribution in [0, 0.1) is 34.8 Å². The molecule has 2 aliphatic rings. The monoisotopic (exact) mass is 484 g/mol. The highest BCUT2D eigenvalue weighted by molar-refractivity contribution is 5.87. The van der Waals surface area contributed by atoms with Gasteiger partial charge in [-0.3, -0.25) is 0 Å². The van der Waals surface area contributed by atoms with Crippen LogP contribution in [-0.2, 0) is 0 Å². The molecule has 9 heteroatoms. The molecule has 3 heterocycles. The topological polar surface area (TPSA) is 81.4 Å². The largest absolute Gasteiger partial charge is 0.507 e. The fourth-order valence-electron chi connectivity index (χ4n) is 4.79. The van der Waals surface area contributed by atoms with Crippen molar-refractivity contribution >= 4 is 18.2 Å². The molecule has 176 valence electrons. The number of anilines is 1. The molecule has 2 fully saturated rings.